The predicted octanol–water partition coefficient (Wildman–Crippen LogP) is 10.1. The van der Waals surface area contributed by atoms with E-state index in [9.17, 15) is 8.42 Å². The Labute approximate surface area is 259 Å². The van der Waals surface area contributed by atoms with E-state index in [4.69, 9.17) is 0 Å². The summed E-state index contributed by atoms with van der Waals surface area (Å²) >= 11 is 0. The number of hydrogen-bond donors (Lipinski definition) is 0. The van der Waals surface area contributed by atoms with E-state index in [1.807, 2.05) is 158 Å². The lowest BCUT2D eigenvalue weighted by molar-refractivity contribution is 0.555. The number of hydrogen-bond acceptors (Lipinski definition) is 4. The molecule has 216 valence electrons. The second-order valence-electron chi connectivity index (χ2n) is 11.5. The first kappa shape index (κ1) is 27.7. The quantitative estimate of drug-likeness (QED) is 0.193. The topological polar surface area (TPSA) is 40.6 Å². The third-order valence-electron chi connectivity index (χ3n) is 8.43. The van der Waals surface area contributed by atoms with Crippen LogP contribution in [0.25, 0.3) is 0 Å². The molecule has 1 aliphatic heterocycles. The molecular formula is C39H32N2O2S. The van der Waals surface area contributed by atoms with Gasteiger partial charge >= 0.3 is 0 Å². The van der Waals surface area contributed by atoms with Crippen molar-refractivity contribution in [1.82, 2.24) is 0 Å². The molecule has 0 radical (unpaired) electrons. The second kappa shape index (κ2) is 10.9. The van der Waals surface area contributed by atoms with Crippen molar-refractivity contribution in [2.45, 2.75) is 29.1 Å². The maximum Gasteiger partial charge on any atom is 0.207 e. The Morgan fingerprint density at radius 1 is 0.409 bits per heavy atom. The minimum absolute atomic E-state index is 0.340. The molecule has 0 saturated heterocycles. The highest BCUT2D eigenvalue weighted by Crippen LogP contribution is 2.49. The molecule has 7 rings (SSSR count). The van der Waals surface area contributed by atoms with E-state index in [2.05, 4.69) is 23.6 Å². The number of fused-ring (bicyclic) bond motifs is 2. The molecular weight excluding hydrogens is 561 g/mol. The summed E-state index contributed by atoms with van der Waals surface area (Å²) in [6.45, 7) is 4.22. The first-order chi connectivity index (χ1) is 21.4. The average Bonchev–Trinajstić information content (AvgIpc) is 3.06. The monoisotopic (exact) mass is 592 g/mol. The Balaban J connectivity index is 1.40. The molecule has 6 aromatic carbocycles. The highest BCUT2D eigenvalue weighted by molar-refractivity contribution is 7.91. The van der Waals surface area contributed by atoms with Crippen LogP contribution in [0.2, 0.25) is 0 Å². The number of rotatable bonds is 6. The molecule has 0 aromatic heterocycles. The van der Waals surface area contributed by atoms with Crippen LogP contribution >= 0.6 is 0 Å². The van der Waals surface area contributed by atoms with Crippen LogP contribution < -0.4 is 9.80 Å². The smallest absolute Gasteiger partial charge is 0.207 e. The first-order valence-corrected chi connectivity index (χ1v) is 16.2. The number of sulfone groups is 1. The highest BCUT2D eigenvalue weighted by Gasteiger charge is 2.41. The van der Waals surface area contributed by atoms with Gasteiger partial charge in [0, 0.05) is 39.5 Å². The first-order valence-electron chi connectivity index (χ1n) is 14.7. The molecule has 1 aliphatic rings. The molecule has 0 bridgehead atoms. The fraction of sp³-hybridized carbons (Fsp3) is 0.0769. The largest absolute Gasteiger partial charge is 0.310 e. The van der Waals surface area contributed by atoms with Gasteiger partial charge in [-0.2, -0.15) is 0 Å². The molecule has 0 amide bonds. The van der Waals surface area contributed by atoms with Gasteiger partial charge in [-0.25, -0.2) is 8.42 Å². The molecule has 44 heavy (non-hydrogen) atoms. The highest BCUT2D eigenvalue weighted by atomic mass is 32.2. The van der Waals surface area contributed by atoms with Crippen molar-refractivity contribution >= 4 is 44.0 Å². The molecule has 5 heteroatoms. The van der Waals surface area contributed by atoms with E-state index in [0.717, 1.165) is 45.3 Å². The number of nitrogens with zero attached hydrogens (tertiary/aromatic N) is 2. The zero-order chi connectivity index (χ0) is 30.3. The predicted molar refractivity (Wildman–Crippen MR) is 180 cm³/mol. The van der Waals surface area contributed by atoms with Crippen LogP contribution in [-0.4, -0.2) is 8.42 Å². The second-order valence-corrected chi connectivity index (χ2v) is 13.4. The van der Waals surface area contributed by atoms with E-state index < -0.39 is 15.3 Å². The van der Waals surface area contributed by atoms with Crippen molar-refractivity contribution < 1.29 is 8.42 Å². The summed E-state index contributed by atoms with van der Waals surface area (Å²) in [7, 11) is -3.87. The summed E-state index contributed by atoms with van der Waals surface area (Å²) in [5, 5.41) is 0. The Bertz CT molecular complexity index is 1820. The van der Waals surface area contributed by atoms with Gasteiger partial charge in [0.15, 0.2) is 0 Å². The third-order valence-corrected chi connectivity index (χ3v) is 10.3. The number of benzene rings is 6. The molecule has 0 unspecified atom stereocenters. The summed E-state index contributed by atoms with van der Waals surface area (Å²) < 4.78 is 29.3. The van der Waals surface area contributed by atoms with Crippen molar-refractivity contribution in [2.24, 2.45) is 0 Å². The van der Waals surface area contributed by atoms with Crippen LogP contribution in [0.4, 0.5) is 34.1 Å². The molecule has 0 spiro atoms. The Morgan fingerprint density at radius 3 is 1.00 bits per heavy atom. The molecule has 4 nitrogen and oxygen atoms in total. The molecule has 0 atom stereocenters. The molecule has 0 aliphatic carbocycles. The number of anilines is 6. The van der Waals surface area contributed by atoms with E-state index in [1.54, 1.807) is 0 Å². The standard InChI is InChI=1S/C39H32N2O2S/c1-39(2)35-25-23-33(40(29-15-7-3-8-16-29)30-17-9-4-10-18-30)27-37(35)44(42,43)38-28-34(24-26-36(38)39)41(31-19-11-5-12-20-31)32-21-13-6-14-22-32/h3-28H,1-2H3. The SMILES string of the molecule is CC1(C)c2ccc(N(c3ccccc3)c3ccccc3)cc2S(=O)(=O)c2cc(N(c3ccccc3)c3ccccc3)ccc21. The van der Waals surface area contributed by atoms with Gasteiger partial charge in [-0.3, -0.25) is 0 Å². The third kappa shape index (κ3) is 4.66. The normalized spacial score (nSPS) is 14.2. The summed E-state index contributed by atoms with van der Waals surface area (Å²) in [5.41, 5.74) is 6.46. The Hall–Kier alpha value is -5.13. The summed E-state index contributed by atoms with van der Waals surface area (Å²) in [6.07, 6.45) is 0. The zero-order valence-electron chi connectivity index (χ0n) is 24.6. The van der Waals surface area contributed by atoms with Gasteiger partial charge in [0.1, 0.15) is 0 Å². The molecule has 1 heterocycles. The van der Waals surface area contributed by atoms with Gasteiger partial charge in [-0.05, 0) is 83.9 Å². The maximum absolute atomic E-state index is 14.6. The Morgan fingerprint density at radius 2 is 0.705 bits per heavy atom. The van der Waals surface area contributed by atoms with Crippen LogP contribution in [0.1, 0.15) is 25.0 Å². The van der Waals surface area contributed by atoms with Crippen molar-refractivity contribution in [3.8, 4) is 0 Å². The summed E-state index contributed by atoms with van der Waals surface area (Å²) in [6, 6.07) is 51.9. The molecule has 6 aromatic rings. The van der Waals surface area contributed by atoms with E-state index in [1.165, 1.54) is 0 Å². The Kier molecular flexibility index (Phi) is 6.83. The molecule has 0 saturated carbocycles. The van der Waals surface area contributed by atoms with E-state index in [0.29, 0.717) is 9.79 Å². The van der Waals surface area contributed by atoms with E-state index in [-0.39, 0.29) is 0 Å². The lowest BCUT2D eigenvalue weighted by Crippen LogP contribution is -2.30. The lowest BCUT2D eigenvalue weighted by Gasteiger charge is -2.36. The van der Waals surface area contributed by atoms with Gasteiger partial charge in [0.25, 0.3) is 0 Å². The lowest BCUT2D eigenvalue weighted by atomic mass is 9.77. The summed E-state index contributed by atoms with van der Waals surface area (Å²) in [4.78, 5) is 4.88. The van der Waals surface area contributed by atoms with E-state index >= 15 is 0 Å². The van der Waals surface area contributed by atoms with Gasteiger partial charge < -0.3 is 9.80 Å². The van der Waals surface area contributed by atoms with Gasteiger partial charge in [-0.1, -0.05) is 98.8 Å². The fourth-order valence-corrected chi connectivity index (χ4v) is 8.26. The van der Waals surface area contributed by atoms with Crippen molar-refractivity contribution in [3.63, 3.8) is 0 Å². The van der Waals surface area contributed by atoms with Crippen LogP contribution in [0, 0.1) is 0 Å². The van der Waals surface area contributed by atoms with Crippen molar-refractivity contribution in [1.29, 1.82) is 0 Å². The molecule has 0 N–H and O–H groups in total. The van der Waals surface area contributed by atoms with Gasteiger partial charge in [0.2, 0.25) is 9.84 Å². The van der Waals surface area contributed by atoms with Crippen molar-refractivity contribution in [3.05, 3.63) is 169 Å². The van der Waals surface area contributed by atoms with Crippen molar-refractivity contribution in [2.75, 3.05) is 9.80 Å². The summed E-state index contributed by atoms with van der Waals surface area (Å²) in [5.74, 6) is 0. The zero-order valence-corrected chi connectivity index (χ0v) is 25.4. The minimum atomic E-state index is -3.87. The fourth-order valence-electron chi connectivity index (χ4n) is 6.24. The van der Waals surface area contributed by atoms with Crippen LogP contribution in [-0.2, 0) is 15.3 Å². The van der Waals surface area contributed by atoms with Crippen LogP contribution in [0.3, 0.4) is 0 Å². The van der Waals surface area contributed by atoms with Crippen LogP contribution in [0.5, 0.6) is 0 Å². The van der Waals surface area contributed by atoms with Gasteiger partial charge in [-0.15, -0.1) is 0 Å². The minimum Gasteiger partial charge on any atom is -0.310 e. The van der Waals surface area contributed by atoms with Gasteiger partial charge in [0.05, 0.1) is 9.79 Å². The van der Waals surface area contributed by atoms with Crippen LogP contribution in [0.15, 0.2) is 168 Å². The molecule has 0 fully saturated rings. The number of para-hydroxylation sites is 4. The maximum atomic E-state index is 14.6. The average molecular weight is 593 g/mol.